The first-order valence-electron chi connectivity index (χ1n) is 7.08. The molecule has 6 nitrogen and oxygen atoms in total. The standard InChI is InChI=1S/C16H17BrN2O4S/c1-23-11-10-18-16(20)14-4-2-3-5-15(14)19-24(21,22)13-8-6-12(17)7-9-13/h2-9,19H,10-11H2,1H3,(H,18,20). The molecule has 0 fully saturated rings. The molecular weight excluding hydrogens is 396 g/mol. The molecular formula is C16H17BrN2O4S. The monoisotopic (exact) mass is 412 g/mol. The maximum Gasteiger partial charge on any atom is 0.261 e. The Morgan fingerprint density at radius 2 is 1.79 bits per heavy atom. The van der Waals surface area contributed by atoms with Crippen molar-refractivity contribution in [3.05, 3.63) is 58.6 Å². The van der Waals surface area contributed by atoms with Crippen LogP contribution in [0.5, 0.6) is 0 Å². The van der Waals surface area contributed by atoms with E-state index in [1.807, 2.05) is 0 Å². The fourth-order valence-corrected chi connectivity index (χ4v) is 3.29. The van der Waals surface area contributed by atoms with Crippen LogP contribution in [-0.4, -0.2) is 34.6 Å². The number of hydrogen-bond donors (Lipinski definition) is 2. The maximum atomic E-state index is 12.5. The first-order valence-corrected chi connectivity index (χ1v) is 9.36. The van der Waals surface area contributed by atoms with Gasteiger partial charge in [-0.25, -0.2) is 8.42 Å². The van der Waals surface area contributed by atoms with Gasteiger partial charge in [0.1, 0.15) is 0 Å². The lowest BCUT2D eigenvalue weighted by atomic mass is 10.2. The Balaban J connectivity index is 2.23. The summed E-state index contributed by atoms with van der Waals surface area (Å²) in [5, 5.41) is 2.67. The molecule has 0 atom stereocenters. The minimum absolute atomic E-state index is 0.111. The van der Waals surface area contributed by atoms with Crippen LogP contribution in [-0.2, 0) is 14.8 Å². The minimum atomic E-state index is -3.79. The summed E-state index contributed by atoms with van der Waals surface area (Å²) in [5.41, 5.74) is 0.463. The van der Waals surface area contributed by atoms with E-state index in [0.717, 1.165) is 4.47 Å². The van der Waals surface area contributed by atoms with E-state index in [1.54, 1.807) is 36.4 Å². The summed E-state index contributed by atoms with van der Waals surface area (Å²) in [5.74, 6) is -0.374. The van der Waals surface area contributed by atoms with E-state index >= 15 is 0 Å². The molecule has 0 saturated carbocycles. The molecule has 0 bridgehead atoms. The van der Waals surface area contributed by atoms with Crippen LogP contribution in [0, 0.1) is 0 Å². The van der Waals surface area contributed by atoms with Crippen LogP contribution in [0.25, 0.3) is 0 Å². The fraction of sp³-hybridized carbons (Fsp3) is 0.188. The Morgan fingerprint density at radius 3 is 2.46 bits per heavy atom. The van der Waals surface area contributed by atoms with Crippen molar-refractivity contribution in [1.29, 1.82) is 0 Å². The highest BCUT2D eigenvalue weighted by molar-refractivity contribution is 9.10. The number of methoxy groups -OCH3 is 1. The molecule has 0 aliphatic rings. The highest BCUT2D eigenvalue weighted by atomic mass is 79.9. The summed E-state index contributed by atoms with van der Waals surface area (Å²) in [7, 11) is -2.25. The van der Waals surface area contributed by atoms with Crippen molar-refractivity contribution >= 4 is 37.5 Å². The lowest BCUT2D eigenvalue weighted by molar-refractivity contribution is 0.0938. The molecule has 2 aromatic carbocycles. The molecule has 128 valence electrons. The molecule has 0 aliphatic heterocycles. The number of benzene rings is 2. The normalized spacial score (nSPS) is 11.1. The average molecular weight is 413 g/mol. The quantitative estimate of drug-likeness (QED) is 0.684. The molecule has 0 radical (unpaired) electrons. The van der Waals surface area contributed by atoms with Crippen LogP contribution in [0.4, 0.5) is 5.69 Å². The number of anilines is 1. The van der Waals surface area contributed by atoms with Gasteiger partial charge in [-0.1, -0.05) is 28.1 Å². The van der Waals surface area contributed by atoms with Gasteiger partial charge in [0, 0.05) is 18.1 Å². The van der Waals surface area contributed by atoms with Gasteiger partial charge in [-0.15, -0.1) is 0 Å². The molecule has 2 aromatic rings. The zero-order chi connectivity index (χ0) is 17.6. The Hall–Kier alpha value is -1.90. The third-order valence-electron chi connectivity index (χ3n) is 3.13. The van der Waals surface area contributed by atoms with E-state index in [-0.39, 0.29) is 22.1 Å². The number of nitrogens with one attached hydrogen (secondary N) is 2. The first-order chi connectivity index (χ1) is 11.4. The Morgan fingerprint density at radius 1 is 1.12 bits per heavy atom. The van der Waals surface area contributed by atoms with Gasteiger partial charge in [-0.2, -0.15) is 0 Å². The third-order valence-corrected chi connectivity index (χ3v) is 5.04. The summed E-state index contributed by atoms with van der Waals surface area (Å²) in [6.45, 7) is 0.710. The maximum absolute atomic E-state index is 12.5. The SMILES string of the molecule is COCCNC(=O)c1ccccc1NS(=O)(=O)c1ccc(Br)cc1. The topological polar surface area (TPSA) is 84.5 Å². The van der Waals surface area contributed by atoms with Crippen molar-refractivity contribution in [3.8, 4) is 0 Å². The van der Waals surface area contributed by atoms with Crippen LogP contribution in [0.3, 0.4) is 0 Å². The summed E-state index contributed by atoms with van der Waals surface area (Å²) in [6.07, 6.45) is 0. The van der Waals surface area contributed by atoms with Crippen LogP contribution in [0.2, 0.25) is 0 Å². The van der Waals surface area contributed by atoms with Gasteiger partial charge in [0.25, 0.3) is 15.9 Å². The molecule has 24 heavy (non-hydrogen) atoms. The highest BCUT2D eigenvalue weighted by Crippen LogP contribution is 2.21. The highest BCUT2D eigenvalue weighted by Gasteiger charge is 2.18. The molecule has 0 aliphatic carbocycles. The van der Waals surface area contributed by atoms with E-state index < -0.39 is 10.0 Å². The van der Waals surface area contributed by atoms with Crippen molar-refractivity contribution in [2.24, 2.45) is 0 Å². The van der Waals surface area contributed by atoms with Gasteiger partial charge in [0.15, 0.2) is 0 Å². The summed E-state index contributed by atoms with van der Waals surface area (Å²) < 4.78 is 33.1. The van der Waals surface area contributed by atoms with Gasteiger partial charge in [-0.05, 0) is 36.4 Å². The second kappa shape index (κ2) is 8.27. The number of halogens is 1. The first kappa shape index (κ1) is 18.4. The summed E-state index contributed by atoms with van der Waals surface area (Å²) in [4.78, 5) is 12.3. The second-order valence-corrected chi connectivity index (χ2v) is 7.45. The molecule has 0 aromatic heterocycles. The van der Waals surface area contributed by atoms with Crippen molar-refractivity contribution in [2.45, 2.75) is 4.90 Å². The van der Waals surface area contributed by atoms with Crippen LogP contribution < -0.4 is 10.0 Å². The lowest BCUT2D eigenvalue weighted by Gasteiger charge is -2.12. The summed E-state index contributed by atoms with van der Waals surface area (Å²) >= 11 is 3.26. The molecule has 2 rings (SSSR count). The molecule has 8 heteroatoms. The second-order valence-electron chi connectivity index (χ2n) is 4.85. The predicted octanol–water partition coefficient (Wildman–Crippen LogP) is 2.63. The molecule has 0 saturated heterocycles. The molecule has 1 amide bonds. The molecule has 0 unspecified atom stereocenters. The van der Waals surface area contributed by atoms with E-state index in [0.29, 0.717) is 13.2 Å². The minimum Gasteiger partial charge on any atom is -0.383 e. The number of amides is 1. The molecule has 0 heterocycles. The van der Waals surface area contributed by atoms with Gasteiger partial charge in [-0.3, -0.25) is 9.52 Å². The van der Waals surface area contributed by atoms with Crippen molar-refractivity contribution in [1.82, 2.24) is 5.32 Å². The molecule has 0 spiro atoms. The zero-order valence-electron chi connectivity index (χ0n) is 13.0. The number of ether oxygens (including phenoxy) is 1. The van der Waals surface area contributed by atoms with E-state index in [1.165, 1.54) is 19.2 Å². The predicted molar refractivity (Wildman–Crippen MR) is 95.6 cm³/mol. The number of para-hydroxylation sites is 1. The Kier molecular flexibility index (Phi) is 6.36. The van der Waals surface area contributed by atoms with Gasteiger partial charge >= 0.3 is 0 Å². The van der Waals surface area contributed by atoms with E-state index in [4.69, 9.17) is 4.74 Å². The number of rotatable bonds is 7. The van der Waals surface area contributed by atoms with E-state index in [9.17, 15) is 13.2 Å². The number of sulfonamides is 1. The summed E-state index contributed by atoms with van der Waals surface area (Å²) in [6, 6.07) is 12.7. The third kappa shape index (κ3) is 4.80. The fourth-order valence-electron chi connectivity index (χ4n) is 1.95. The lowest BCUT2D eigenvalue weighted by Crippen LogP contribution is -2.28. The van der Waals surface area contributed by atoms with Crippen molar-refractivity contribution in [2.75, 3.05) is 25.0 Å². The molecule has 2 N–H and O–H groups in total. The van der Waals surface area contributed by atoms with Gasteiger partial charge in [0.05, 0.1) is 22.8 Å². The Labute approximate surface area is 149 Å². The van der Waals surface area contributed by atoms with E-state index in [2.05, 4.69) is 26.0 Å². The van der Waals surface area contributed by atoms with Gasteiger partial charge in [0.2, 0.25) is 0 Å². The van der Waals surface area contributed by atoms with Crippen molar-refractivity contribution < 1.29 is 17.9 Å². The number of carbonyl (C=O) groups is 1. The largest absolute Gasteiger partial charge is 0.383 e. The van der Waals surface area contributed by atoms with Crippen LogP contribution in [0.1, 0.15) is 10.4 Å². The zero-order valence-corrected chi connectivity index (χ0v) is 15.4. The van der Waals surface area contributed by atoms with Crippen LogP contribution in [0.15, 0.2) is 57.9 Å². The number of hydrogen-bond acceptors (Lipinski definition) is 4. The number of carbonyl (C=O) groups excluding carboxylic acids is 1. The van der Waals surface area contributed by atoms with Crippen LogP contribution >= 0.6 is 15.9 Å². The average Bonchev–Trinajstić information content (AvgIpc) is 2.55. The van der Waals surface area contributed by atoms with Crippen molar-refractivity contribution in [3.63, 3.8) is 0 Å². The Bertz CT molecular complexity index is 807. The smallest absolute Gasteiger partial charge is 0.261 e. The van der Waals surface area contributed by atoms with Gasteiger partial charge < -0.3 is 10.1 Å².